The maximum atomic E-state index is 14.1. The highest BCUT2D eigenvalue weighted by atomic mass is 19.1. The zero-order valence-corrected chi connectivity index (χ0v) is 14.2. The van der Waals surface area contributed by atoms with Crippen molar-refractivity contribution in [2.75, 3.05) is 6.54 Å². The highest BCUT2D eigenvalue weighted by Gasteiger charge is 2.32. The van der Waals surface area contributed by atoms with Gasteiger partial charge in [0.15, 0.2) is 0 Å². The van der Waals surface area contributed by atoms with Crippen molar-refractivity contribution in [1.29, 1.82) is 0 Å². The van der Waals surface area contributed by atoms with E-state index in [0.717, 1.165) is 28.8 Å². The lowest BCUT2D eigenvalue weighted by Crippen LogP contribution is -2.39. The monoisotopic (exact) mass is 353 g/mol. The molecule has 2 heterocycles. The minimum Gasteiger partial charge on any atom is -0.333 e. The molecule has 4 rings (SSSR count). The maximum absolute atomic E-state index is 14.1. The molecule has 0 aliphatic carbocycles. The third-order valence-electron chi connectivity index (χ3n) is 4.79. The Morgan fingerprint density at radius 2 is 1.85 bits per heavy atom. The van der Waals surface area contributed by atoms with E-state index in [1.807, 2.05) is 37.5 Å². The SMILES string of the molecule is Cn1cc(C2CN(C(=O)c3c(F)cccc3F)Cc3ccccc32)cn1. The Bertz CT molecular complexity index is 962. The quantitative estimate of drug-likeness (QED) is 0.707. The molecule has 1 aliphatic heterocycles. The summed E-state index contributed by atoms with van der Waals surface area (Å²) in [7, 11) is 1.83. The number of fused-ring (bicyclic) bond motifs is 1. The molecule has 1 unspecified atom stereocenters. The summed E-state index contributed by atoms with van der Waals surface area (Å²) in [6.07, 6.45) is 3.66. The van der Waals surface area contributed by atoms with E-state index in [-0.39, 0.29) is 5.92 Å². The van der Waals surface area contributed by atoms with Crippen LogP contribution in [0.3, 0.4) is 0 Å². The number of rotatable bonds is 2. The van der Waals surface area contributed by atoms with Gasteiger partial charge < -0.3 is 4.90 Å². The first kappa shape index (κ1) is 16.4. The van der Waals surface area contributed by atoms with Crippen molar-refractivity contribution in [1.82, 2.24) is 14.7 Å². The minimum atomic E-state index is -0.841. The van der Waals surface area contributed by atoms with Crippen molar-refractivity contribution >= 4 is 5.91 Å². The van der Waals surface area contributed by atoms with Crippen LogP contribution in [-0.4, -0.2) is 27.1 Å². The fraction of sp³-hybridized carbons (Fsp3) is 0.200. The van der Waals surface area contributed by atoms with Crippen LogP contribution in [0.2, 0.25) is 0 Å². The van der Waals surface area contributed by atoms with E-state index in [9.17, 15) is 13.6 Å². The smallest absolute Gasteiger partial charge is 0.260 e. The van der Waals surface area contributed by atoms with Gasteiger partial charge in [-0.1, -0.05) is 30.3 Å². The van der Waals surface area contributed by atoms with E-state index in [1.54, 1.807) is 10.9 Å². The summed E-state index contributed by atoms with van der Waals surface area (Å²) in [6.45, 7) is 0.662. The Balaban J connectivity index is 1.74. The molecule has 0 saturated carbocycles. The lowest BCUT2D eigenvalue weighted by atomic mass is 9.86. The van der Waals surface area contributed by atoms with Crippen molar-refractivity contribution in [3.63, 3.8) is 0 Å². The van der Waals surface area contributed by atoms with Crippen molar-refractivity contribution in [2.24, 2.45) is 7.05 Å². The Kier molecular flexibility index (Phi) is 4.03. The summed E-state index contributed by atoms with van der Waals surface area (Å²) < 4.78 is 29.9. The number of nitrogens with zero attached hydrogens (tertiary/aromatic N) is 3. The van der Waals surface area contributed by atoms with Gasteiger partial charge in [-0.05, 0) is 28.8 Å². The van der Waals surface area contributed by atoms with Crippen LogP contribution in [0.15, 0.2) is 54.9 Å². The Morgan fingerprint density at radius 1 is 1.12 bits per heavy atom. The van der Waals surface area contributed by atoms with Gasteiger partial charge in [0.2, 0.25) is 0 Å². The molecule has 0 spiro atoms. The van der Waals surface area contributed by atoms with Gasteiger partial charge in [0.25, 0.3) is 5.91 Å². The van der Waals surface area contributed by atoms with E-state index < -0.39 is 23.1 Å². The van der Waals surface area contributed by atoms with Gasteiger partial charge in [-0.2, -0.15) is 5.10 Å². The summed E-state index contributed by atoms with van der Waals surface area (Å²) in [5.74, 6) is -2.41. The summed E-state index contributed by atoms with van der Waals surface area (Å²) >= 11 is 0. The Morgan fingerprint density at radius 3 is 2.54 bits per heavy atom. The largest absolute Gasteiger partial charge is 0.333 e. The number of hydrogen-bond donors (Lipinski definition) is 0. The molecular weight excluding hydrogens is 336 g/mol. The van der Waals surface area contributed by atoms with Crippen molar-refractivity contribution < 1.29 is 13.6 Å². The van der Waals surface area contributed by atoms with Crippen LogP contribution in [0.25, 0.3) is 0 Å². The fourth-order valence-corrected chi connectivity index (χ4v) is 3.53. The highest BCUT2D eigenvalue weighted by Crippen LogP contribution is 2.34. The molecule has 1 atom stereocenters. The van der Waals surface area contributed by atoms with Crippen molar-refractivity contribution in [3.8, 4) is 0 Å². The van der Waals surface area contributed by atoms with E-state index in [1.165, 1.54) is 11.0 Å². The number of benzene rings is 2. The number of aromatic nitrogens is 2. The number of carbonyl (C=O) groups excluding carboxylic acids is 1. The van der Waals surface area contributed by atoms with Crippen LogP contribution in [-0.2, 0) is 13.6 Å². The van der Waals surface area contributed by atoms with E-state index in [4.69, 9.17) is 0 Å². The molecule has 6 heteroatoms. The molecule has 0 radical (unpaired) electrons. The predicted octanol–water partition coefficient (Wildman–Crippen LogP) is 3.49. The van der Waals surface area contributed by atoms with Crippen LogP contribution < -0.4 is 0 Å². The molecular formula is C20H17F2N3O. The lowest BCUT2D eigenvalue weighted by molar-refractivity contribution is 0.0715. The molecule has 2 aromatic carbocycles. The minimum absolute atomic E-state index is 0.0903. The zero-order chi connectivity index (χ0) is 18.3. The first-order chi connectivity index (χ1) is 12.5. The molecule has 3 aromatic rings. The lowest BCUT2D eigenvalue weighted by Gasteiger charge is -2.34. The predicted molar refractivity (Wildman–Crippen MR) is 92.6 cm³/mol. The first-order valence-electron chi connectivity index (χ1n) is 8.34. The molecule has 26 heavy (non-hydrogen) atoms. The van der Waals surface area contributed by atoms with Gasteiger partial charge in [-0.15, -0.1) is 0 Å². The van der Waals surface area contributed by atoms with E-state index in [0.29, 0.717) is 13.1 Å². The van der Waals surface area contributed by atoms with E-state index >= 15 is 0 Å². The second-order valence-corrected chi connectivity index (χ2v) is 6.48. The summed E-state index contributed by atoms with van der Waals surface area (Å²) in [5, 5.41) is 4.21. The van der Waals surface area contributed by atoms with Gasteiger partial charge in [0.05, 0.1) is 6.20 Å². The van der Waals surface area contributed by atoms with Gasteiger partial charge in [0, 0.05) is 32.3 Å². The molecule has 132 valence electrons. The molecule has 1 aromatic heterocycles. The number of hydrogen-bond acceptors (Lipinski definition) is 2. The average Bonchev–Trinajstić information content (AvgIpc) is 3.06. The molecule has 1 aliphatic rings. The van der Waals surface area contributed by atoms with Gasteiger partial charge >= 0.3 is 0 Å². The van der Waals surface area contributed by atoms with E-state index in [2.05, 4.69) is 5.10 Å². The fourth-order valence-electron chi connectivity index (χ4n) is 3.53. The summed E-state index contributed by atoms with van der Waals surface area (Å²) in [6, 6.07) is 11.3. The molecule has 4 nitrogen and oxygen atoms in total. The van der Waals surface area contributed by atoms with Gasteiger partial charge in [-0.25, -0.2) is 8.78 Å². The van der Waals surface area contributed by atoms with Gasteiger partial charge in [-0.3, -0.25) is 9.48 Å². The van der Waals surface area contributed by atoms with Crippen molar-refractivity contribution in [2.45, 2.75) is 12.5 Å². The summed E-state index contributed by atoms with van der Waals surface area (Å²) in [4.78, 5) is 14.4. The topological polar surface area (TPSA) is 38.1 Å². The molecule has 0 saturated heterocycles. The molecule has 0 fully saturated rings. The summed E-state index contributed by atoms with van der Waals surface area (Å²) in [5.41, 5.74) is 2.54. The third kappa shape index (κ3) is 2.77. The molecule has 1 amide bonds. The number of carbonyl (C=O) groups is 1. The van der Waals surface area contributed by atoms with Crippen LogP contribution >= 0.6 is 0 Å². The maximum Gasteiger partial charge on any atom is 0.260 e. The zero-order valence-electron chi connectivity index (χ0n) is 14.2. The average molecular weight is 353 g/mol. The normalized spacial score (nSPS) is 16.4. The molecule has 0 bridgehead atoms. The number of halogens is 2. The Labute approximate surface area is 149 Å². The first-order valence-corrected chi connectivity index (χ1v) is 8.34. The van der Waals surface area contributed by atoms with Crippen LogP contribution in [0, 0.1) is 11.6 Å². The molecule has 0 N–H and O–H groups in total. The highest BCUT2D eigenvalue weighted by molar-refractivity contribution is 5.95. The van der Waals surface area contributed by atoms with Gasteiger partial charge in [0.1, 0.15) is 17.2 Å². The standard InChI is InChI=1S/C20H17F2N3O/c1-24-10-14(9-23-24)16-12-25(11-13-5-2-3-6-15(13)16)20(26)19-17(21)7-4-8-18(19)22/h2-10,16H,11-12H2,1H3. The number of amides is 1. The van der Waals surface area contributed by atoms with Crippen molar-refractivity contribution in [3.05, 3.63) is 88.7 Å². The van der Waals surface area contributed by atoms with Crippen LogP contribution in [0.5, 0.6) is 0 Å². The second kappa shape index (κ2) is 6.37. The number of aryl methyl sites for hydroxylation is 1. The van der Waals surface area contributed by atoms with Crippen LogP contribution in [0.4, 0.5) is 8.78 Å². The second-order valence-electron chi connectivity index (χ2n) is 6.48. The Hall–Kier alpha value is -3.02. The third-order valence-corrected chi connectivity index (χ3v) is 4.79. The van der Waals surface area contributed by atoms with Crippen LogP contribution in [0.1, 0.15) is 33.0 Å².